The molecular weight excluding hydrogens is 280 g/mol. The van der Waals surface area contributed by atoms with Crippen LogP contribution >= 0.6 is 23.1 Å². The normalized spacial score (nSPS) is 10.7. The number of aromatic nitrogens is 2. The molecule has 0 unspecified atom stereocenters. The predicted octanol–water partition coefficient (Wildman–Crippen LogP) is 3.76. The Morgan fingerprint density at radius 3 is 2.84 bits per heavy atom. The Morgan fingerprint density at radius 1 is 1.47 bits per heavy atom. The molecule has 2 rings (SSSR count). The SMILES string of the molecule is CC(C)=CCSc1ncnc2sc(C(=O)O)c(C)c12. The van der Waals surface area contributed by atoms with Crippen LogP contribution in [0.1, 0.15) is 29.1 Å². The first-order chi connectivity index (χ1) is 9.00. The minimum absolute atomic E-state index is 0.347. The third-order valence-electron chi connectivity index (χ3n) is 2.60. The molecule has 0 aliphatic rings. The van der Waals surface area contributed by atoms with Crippen molar-refractivity contribution in [3.63, 3.8) is 0 Å². The quantitative estimate of drug-likeness (QED) is 0.528. The molecule has 4 nitrogen and oxygen atoms in total. The molecule has 0 radical (unpaired) electrons. The number of aryl methyl sites for hydroxylation is 1. The van der Waals surface area contributed by atoms with Gasteiger partial charge in [-0.2, -0.15) is 0 Å². The van der Waals surface area contributed by atoms with Gasteiger partial charge in [0.15, 0.2) is 0 Å². The van der Waals surface area contributed by atoms with Crippen molar-refractivity contribution in [3.05, 3.63) is 28.4 Å². The number of nitrogens with zero attached hydrogens (tertiary/aromatic N) is 2. The monoisotopic (exact) mass is 294 g/mol. The highest BCUT2D eigenvalue weighted by molar-refractivity contribution is 7.99. The second-order valence-electron chi connectivity index (χ2n) is 4.31. The lowest BCUT2D eigenvalue weighted by atomic mass is 10.2. The molecular formula is C13H14N2O2S2. The number of aromatic carboxylic acids is 1. The fourth-order valence-corrected chi connectivity index (χ4v) is 3.78. The van der Waals surface area contributed by atoms with Crippen molar-refractivity contribution in [2.45, 2.75) is 25.8 Å². The van der Waals surface area contributed by atoms with Crippen LogP contribution in [0.4, 0.5) is 0 Å². The summed E-state index contributed by atoms with van der Waals surface area (Å²) in [5, 5.41) is 10.9. The number of rotatable bonds is 4. The van der Waals surface area contributed by atoms with Crippen molar-refractivity contribution in [2.24, 2.45) is 0 Å². The number of hydrogen-bond donors (Lipinski definition) is 1. The maximum absolute atomic E-state index is 11.2. The summed E-state index contributed by atoms with van der Waals surface area (Å²) in [6.07, 6.45) is 3.62. The summed E-state index contributed by atoms with van der Waals surface area (Å²) in [5.74, 6) is -0.0766. The molecule has 0 saturated carbocycles. The maximum atomic E-state index is 11.2. The van der Waals surface area contributed by atoms with Crippen LogP contribution in [0.25, 0.3) is 10.2 Å². The van der Waals surface area contributed by atoms with Gasteiger partial charge >= 0.3 is 5.97 Å². The molecule has 100 valence electrons. The van der Waals surface area contributed by atoms with Gasteiger partial charge in [0, 0.05) is 11.1 Å². The van der Waals surface area contributed by atoms with Crippen molar-refractivity contribution >= 4 is 39.3 Å². The summed E-state index contributed by atoms with van der Waals surface area (Å²) in [7, 11) is 0. The van der Waals surface area contributed by atoms with Gasteiger partial charge in [-0.3, -0.25) is 0 Å². The Hall–Kier alpha value is -1.40. The summed E-state index contributed by atoms with van der Waals surface area (Å²) in [4.78, 5) is 20.7. The van der Waals surface area contributed by atoms with Crippen LogP contribution in [0, 0.1) is 6.92 Å². The molecule has 0 aromatic carbocycles. The van der Waals surface area contributed by atoms with E-state index in [1.807, 2.05) is 6.92 Å². The zero-order valence-corrected chi connectivity index (χ0v) is 12.6. The van der Waals surface area contributed by atoms with Crippen LogP contribution < -0.4 is 0 Å². The van der Waals surface area contributed by atoms with E-state index in [4.69, 9.17) is 5.11 Å². The first-order valence-corrected chi connectivity index (χ1v) is 7.54. The van der Waals surface area contributed by atoms with Gasteiger partial charge in [-0.1, -0.05) is 11.6 Å². The zero-order chi connectivity index (χ0) is 14.0. The highest BCUT2D eigenvalue weighted by Crippen LogP contribution is 2.34. The number of hydrogen-bond acceptors (Lipinski definition) is 5. The highest BCUT2D eigenvalue weighted by atomic mass is 32.2. The summed E-state index contributed by atoms with van der Waals surface area (Å²) in [5.41, 5.74) is 2.01. The summed E-state index contributed by atoms with van der Waals surface area (Å²) < 4.78 is 0. The number of thiophene rings is 1. The molecule has 0 bridgehead atoms. The van der Waals surface area contributed by atoms with Gasteiger partial charge in [0.05, 0.1) is 0 Å². The molecule has 0 fully saturated rings. The number of fused-ring (bicyclic) bond motifs is 1. The van der Waals surface area contributed by atoms with E-state index in [0.29, 0.717) is 4.88 Å². The third-order valence-corrected chi connectivity index (χ3v) is 4.70. The molecule has 0 spiro atoms. The van der Waals surface area contributed by atoms with Crippen molar-refractivity contribution in [2.75, 3.05) is 5.75 Å². The molecule has 2 aromatic rings. The number of allylic oxidation sites excluding steroid dienone is 1. The lowest BCUT2D eigenvalue weighted by molar-refractivity contribution is 0.0701. The van der Waals surface area contributed by atoms with Gasteiger partial charge in [0.2, 0.25) is 0 Å². The number of carboxylic acid groups (broad SMARTS) is 1. The number of carbonyl (C=O) groups is 1. The van der Waals surface area contributed by atoms with Crippen LogP contribution in [0.5, 0.6) is 0 Å². The molecule has 0 aliphatic heterocycles. The zero-order valence-electron chi connectivity index (χ0n) is 10.9. The maximum Gasteiger partial charge on any atom is 0.346 e. The minimum atomic E-state index is -0.902. The van der Waals surface area contributed by atoms with Gasteiger partial charge in [0.1, 0.15) is 21.1 Å². The largest absolute Gasteiger partial charge is 0.477 e. The van der Waals surface area contributed by atoms with E-state index in [9.17, 15) is 4.79 Å². The van der Waals surface area contributed by atoms with Gasteiger partial charge in [-0.15, -0.1) is 23.1 Å². The lowest BCUT2D eigenvalue weighted by Crippen LogP contribution is -1.94. The van der Waals surface area contributed by atoms with Gasteiger partial charge < -0.3 is 5.11 Å². The fourth-order valence-electron chi connectivity index (χ4n) is 1.64. The number of thioether (sulfide) groups is 1. The van der Waals surface area contributed by atoms with E-state index in [0.717, 1.165) is 26.6 Å². The van der Waals surface area contributed by atoms with Gasteiger partial charge in [-0.25, -0.2) is 14.8 Å². The second kappa shape index (κ2) is 5.71. The van der Waals surface area contributed by atoms with E-state index >= 15 is 0 Å². The van der Waals surface area contributed by atoms with E-state index in [2.05, 4.69) is 29.9 Å². The molecule has 2 heterocycles. The summed E-state index contributed by atoms with van der Waals surface area (Å²) in [6, 6.07) is 0. The predicted molar refractivity (Wildman–Crippen MR) is 79.3 cm³/mol. The smallest absolute Gasteiger partial charge is 0.346 e. The first-order valence-electron chi connectivity index (χ1n) is 5.74. The summed E-state index contributed by atoms with van der Waals surface area (Å²) in [6.45, 7) is 5.92. The Kier molecular flexibility index (Phi) is 4.21. The van der Waals surface area contributed by atoms with Gasteiger partial charge in [0.25, 0.3) is 0 Å². The Balaban J connectivity index is 2.44. The number of carboxylic acids is 1. The van der Waals surface area contributed by atoms with Gasteiger partial charge in [-0.05, 0) is 26.3 Å². The van der Waals surface area contributed by atoms with E-state index in [1.54, 1.807) is 11.8 Å². The van der Waals surface area contributed by atoms with Crippen LogP contribution in [-0.2, 0) is 0 Å². The molecule has 0 atom stereocenters. The first kappa shape index (κ1) is 14.0. The summed E-state index contributed by atoms with van der Waals surface area (Å²) >= 11 is 2.81. The van der Waals surface area contributed by atoms with Crippen molar-refractivity contribution in [3.8, 4) is 0 Å². The molecule has 0 saturated heterocycles. The molecule has 6 heteroatoms. The topological polar surface area (TPSA) is 63.1 Å². The van der Waals surface area contributed by atoms with Crippen LogP contribution in [0.2, 0.25) is 0 Å². The van der Waals surface area contributed by atoms with E-state index in [-0.39, 0.29) is 0 Å². The molecule has 2 aromatic heterocycles. The van der Waals surface area contributed by atoms with E-state index in [1.165, 1.54) is 23.2 Å². The van der Waals surface area contributed by atoms with Crippen molar-refractivity contribution in [1.29, 1.82) is 0 Å². The second-order valence-corrected chi connectivity index (χ2v) is 6.32. The minimum Gasteiger partial charge on any atom is -0.477 e. The Morgan fingerprint density at radius 2 is 2.21 bits per heavy atom. The standard InChI is InChI=1S/C13H14N2O2S2/c1-7(2)4-5-18-11-9-8(3)10(13(16)17)19-12(9)15-6-14-11/h4,6H,5H2,1-3H3,(H,16,17). The van der Waals surface area contributed by atoms with Crippen LogP contribution in [0.3, 0.4) is 0 Å². The Labute approximate surface area is 119 Å². The highest BCUT2D eigenvalue weighted by Gasteiger charge is 2.18. The van der Waals surface area contributed by atoms with Crippen LogP contribution in [-0.4, -0.2) is 26.8 Å². The average Bonchev–Trinajstić information content (AvgIpc) is 2.67. The average molecular weight is 294 g/mol. The Bertz CT molecular complexity index is 658. The lowest BCUT2D eigenvalue weighted by Gasteiger charge is -2.01. The van der Waals surface area contributed by atoms with Crippen molar-refractivity contribution in [1.82, 2.24) is 9.97 Å². The molecule has 19 heavy (non-hydrogen) atoms. The van der Waals surface area contributed by atoms with Crippen molar-refractivity contribution < 1.29 is 9.90 Å². The third kappa shape index (κ3) is 2.96. The van der Waals surface area contributed by atoms with Crippen LogP contribution in [0.15, 0.2) is 23.0 Å². The molecule has 0 aliphatic carbocycles. The molecule has 1 N–H and O–H groups in total. The van der Waals surface area contributed by atoms with E-state index < -0.39 is 5.97 Å². The fraction of sp³-hybridized carbons (Fsp3) is 0.308. The molecule has 0 amide bonds.